The lowest BCUT2D eigenvalue weighted by molar-refractivity contribution is 0.0930. The van der Waals surface area contributed by atoms with Crippen LogP contribution in [0.25, 0.3) is 11.3 Å². The molecular formula is C22H23IN4O2. The molecule has 2 N–H and O–H groups in total. The minimum absolute atomic E-state index is 0.0940. The van der Waals surface area contributed by atoms with E-state index < -0.39 is 0 Å². The molecule has 1 atom stereocenters. The van der Waals surface area contributed by atoms with Gasteiger partial charge in [-0.1, -0.05) is 22.6 Å². The predicted octanol–water partition coefficient (Wildman–Crippen LogP) is 4.02. The van der Waals surface area contributed by atoms with Crippen LogP contribution in [0.3, 0.4) is 0 Å². The van der Waals surface area contributed by atoms with Crippen LogP contribution in [-0.4, -0.2) is 25.8 Å². The zero-order chi connectivity index (χ0) is 20.4. The van der Waals surface area contributed by atoms with Crippen molar-refractivity contribution in [3.63, 3.8) is 0 Å². The summed E-state index contributed by atoms with van der Waals surface area (Å²) in [6, 6.07) is 11.3. The molecule has 4 rings (SSSR count). The SMILES string of the molecule is Cc1ccnc(C(NC(=O)c2cc(CO)cc(-c3ccnn3CI)c2)C2CC2)c1. The lowest BCUT2D eigenvalue weighted by Crippen LogP contribution is -2.30. The first-order valence-electron chi connectivity index (χ1n) is 9.65. The van der Waals surface area contributed by atoms with Crippen LogP contribution in [0.15, 0.2) is 48.8 Å². The summed E-state index contributed by atoms with van der Waals surface area (Å²) in [6.07, 6.45) is 5.72. The number of alkyl halides is 1. The Morgan fingerprint density at radius 2 is 2.10 bits per heavy atom. The molecule has 0 bridgehead atoms. The van der Waals surface area contributed by atoms with Crippen LogP contribution in [-0.2, 0) is 11.2 Å². The number of halogens is 1. The molecule has 3 aromatic rings. The van der Waals surface area contributed by atoms with Gasteiger partial charge in [0.25, 0.3) is 5.91 Å². The average molecular weight is 502 g/mol. The molecule has 1 amide bonds. The summed E-state index contributed by atoms with van der Waals surface area (Å²) >= 11 is 2.25. The van der Waals surface area contributed by atoms with Gasteiger partial charge in [-0.3, -0.25) is 14.5 Å². The number of aryl methyl sites for hydroxylation is 1. The van der Waals surface area contributed by atoms with E-state index in [1.165, 1.54) is 0 Å². The van der Waals surface area contributed by atoms with Crippen molar-refractivity contribution in [1.82, 2.24) is 20.1 Å². The van der Waals surface area contributed by atoms with E-state index >= 15 is 0 Å². The van der Waals surface area contributed by atoms with Gasteiger partial charge in [0.05, 0.1) is 28.6 Å². The average Bonchev–Trinajstić information content (AvgIpc) is 3.46. The standard InChI is InChI=1S/C22H23IN4O2/c1-14-4-6-24-19(8-14)21(16-2-3-16)26-22(29)18-10-15(12-28)9-17(11-18)20-5-7-25-27(20)13-23/h4-11,16,21,28H,2-3,12-13H2,1H3,(H,26,29). The number of aliphatic hydroxyl groups is 1. The van der Waals surface area contributed by atoms with Crippen molar-refractivity contribution in [1.29, 1.82) is 0 Å². The highest BCUT2D eigenvalue weighted by Gasteiger charge is 2.34. The smallest absolute Gasteiger partial charge is 0.251 e. The number of nitrogens with one attached hydrogen (secondary N) is 1. The van der Waals surface area contributed by atoms with Crippen molar-refractivity contribution in [3.05, 3.63) is 71.2 Å². The van der Waals surface area contributed by atoms with E-state index in [2.05, 4.69) is 38.0 Å². The fourth-order valence-corrected chi connectivity index (χ4v) is 4.10. The number of hydrogen-bond acceptors (Lipinski definition) is 4. The van der Waals surface area contributed by atoms with Crippen molar-refractivity contribution < 1.29 is 9.90 Å². The van der Waals surface area contributed by atoms with E-state index in [1.54, 1.807) is 18.5 Å². The number of carbonyl (C=O) groups is 1. The largest absolute Gasteiger partial charge is 0.392 e. The Kier molecular flexibility index (Phi) is 5.96. The number of nitrogens with zero attached hydrogens (tertiary/aromatic N) is 3. The maximum atomic E-state index is 13.1. The van der Waals surface area contributed by atoms with Crippen molar-refractivity contribution in [2.24, 2.45) is 5.92 Å². The highest BCUT2D eigenvalue weighted by molar-refractivity contribution is 14.1. The normalized spacial score (nSPS) is 14.6. The molecule has 6 nitrogen and oxygen atoms in total. The Bertz CT molecular complexity index is 1030. The number of aliphatic hydroxyl groups excluding tert-OH is 1. The van der Waals surface area contributed by atoms with E-state index in [9.17, 15) is 9.90 Å². The number of aromatic nitrogens is 3. The first kappa shape index (κ1) is 20.0. The van der Waals surface area contributed by atoms with Crippen LogP contribution >= 0.6 is 22.6 Å². The molecule has 150 valence electrons. The van der Waals surface area contributed by atoms with E-state index in [-0.39, 0.29) is 18.6 Å². The summed E-state index contributed by atoms with van der Waals surface area (Å²) in [7, 11) is 0. The third kappa shape index (κ3) is 4.51. The molecule has 1 aromatic carbocycles. The van der Waals surface area contributed by atoms with Crippen LogP contribution in [0, 0.1) is 12.8 Å². The molecule has 29 heavy (non-hydrogen) atoms. The fraction of sp³-hybridized carbons (Fsp3) is 0.318. The summed E-state index contributed by atoms with van der Waals surface area (Å²) in [5.41, 5.74) is 5.06. The van der Waals surface area contributed by atoms with Crippen molar-refractivity contribution in [3.8, 4) is 11.3 Å². The molecule has 0 aliphatic heterocycles. The molecule has 2 heterocycles. The number of carbonyl (C=O) groups excluding carboxylic acids is 1. The molecule has 0 spiro atoms. The van der Waals surface area contributed by atoms with E-state index in [1.807, 2.05) is 41.9 Å². The lowest BCUT2D eigenvalue weighted by atomic mass is 10.0. The van der Waals surface area contributed by atoms with Gasteiger partial charge < -0.3 is 10.4 Å². The number of benzene rings is 1. The second-order valence-electron chi connectivity index (χ2n) is 7.46. The summed E-state index contributed by atoms with van der Waals surface area (Å²) < 4.78 is 2.57. The zero-order valence-electron chi connectivity index (χ0n) is 16.2. The molecule has 1 unspecified atom stereocenters. The molecule has 0 saturated heterocycles. The molecule has 1 saturated carbocycles. The number of hydrogen-bond donors (Lipinski definition) is 2. The summed E-state index contributed by atoms with van der Waals surface area (Å²) in [4.78, 5) is 17.6. The van der Waals surface area contributed by atoms with E-state index in [0.717, 1.165) is 35.4 Å². The van der Waals surface area contributed by atoms with Gasteiger partial charge in [0.1, 0.15) is 0 Å². The Labute approximate surface area is 183 Å². The molecule has 2 aromatic heterocycles. The monoisotopic (exact) mass is 502 g/mol. The maximum Gasteiger partial charge on any atom is 0.251 e. The highest BCUT2D eigenvalue weighted by atomic mass is 127. The van der Waals surface area contributed by atoms with E-state index in [4.69, 9.17) is 0 Å². The molecule has 0 radical (unpaired) electrons. The first-order chi connectivity index (χ1) is 14.1. The molecule has 7 heteroatoms. The van der Waals surface area contributed by atoms with Crippen LogP contribution in [0.1, 0.15) is 46.1 Å². The molecule has 1 aliphatic carbocycles. The lowest BCUT2D eigenvalue weighted by Gasteiger charge is -2.19. The summed E-state index contributed by atoms with van der Waals surface area (Å²) in [5, 5.41) is 17.2. The third-order valence-corrected chi connectivity index (χ3v) is 5.84. The Balaban J connectivity index is 1.65. The van der Waals surface area contributed by atoms with Crippen molar-refractivity contribution in [2.75, 3.05) is 0 Å². The van der Waals surface area contributed by atoms with Crippen LogP contribution in [0.4, 0.5) is 0 Å². The number of rotatable bonds is 7. The maximum absolute atomic E-state index is 13.1. The second kappa shape index (κ2) is 8.62. The Morgan fingerprint density at radius 3 is 2.79 bits per heavy atom. The minimum atomic E-state index is -0.151. The Hall–Kier alpha value is -2.26. The van der Waals surface area contributed by atoms with Gasteiger partial charge in [0, 0.05) is 23.5 Å². The van der Waals surface area contributed by atoms with Crippen LogP contribution < -0.4 is 5.32 Å². The van der Waals surface area contributed by atoms with Gasteiger partial charge in [-0.25, -0.2) is 0 Å². The van der Waals surface area contributed by atoms with Gasteiger partial charge >= 0.3 is 0 Å². The minimum Gasteiger partial charge on any atom is -0.392 e. The van der Waals surface area contributed by atoms with Gasteiger partial charge in [0.15, 0.2) is 0 Å². The fourth-order valence-electron chi connectivity index (χ4n) is 3.55. The van der Waals surface area contributed by atoms with Gasteiger partial charge in [-0.2, -0.15) is 5.10 Å². The van der Waals surface area contributed by atoms with Gasteiger partial charge in [0.2, 0.25) is 0 Å². The molecule has 1 aliphatic rings. The first-order valence-corrected chi connectivity index (χ1v) is 11.2. The quantitative estimate of drug-likeness (QED) is 0.378. The zero-order valence-corrected chi connectivity index (χ0v) is 18.3. The summed E-state index contributed by atoms with van der Waals surface area (Å²) in [5.74, 6) is 0.275. The molecular weight excluding hydrogens is 479 g/mol. The van der Waals surface area contributed by atoms with Gasteiger partial charge in [-0.05, 0) is 73.2 Å². The number of pyridine rings is 1. The topological polar surface area (TPSA) is 80.0 Å². The third-order valence-electron chi connectivity index (χ3n) is 5.20. The highest BCUT2D eigenvalue weighted by Crippen LogP contribution is 2.40. The van der Waals surface area contributed by atoms with E-state index in [0.29, 0.717) is 21.6 Å². The van der Waals surface area contributed by atoms with Crippen molar-refractivity contribution in [2.45, 2.75) is 37.0 Å². The van der Waals surface area contributed by atoms with Crippen LogP contribution in [0.5, 0.6) is 0 Å². The van der Waals surface area contributed by atoms with Crippen LogP contribution in [0.2, 0.25) is 0 Å². The summed E-state index contributed by atoms with van der Waals surface area (Å²) in [6.45, 7) is 1.90. The number of amides is 1. The Morgan fingerprint density at radius 1 is 1.28 bits per heavy atom. The second-order valence-corrected chi connectivity index (χ2v) is 8.14. The molecule has 1 fully saturated rings. The van der Waals surface area contributed by atoms with Crippen molar-refractivity contribution >= 4 is 28.5 Å². The predicted molar refractivity (Wildman–Crippen MR) is 120 cm³/mol. The van der Waals surface area contributed by atoms with Gasteiger partial charge in [-0.15, -0.1) is 0 Å².